The van der Waals surface area contributed by atoms with Gasteiger partial charge < -0.3 is 4.90 Å². The Kier molecular flexibility index (Phi) is 1.89. The molecule has 1 unspecified atom stereocenters. The van der Waals surface area contributed by atoms with Gasteiger partial charge in [0.15, 0.2) is 0 Å². The van der Waals surface area contributed by atoms with E-state index in [0.29, 0.717) is 6.04 Å². The molecule has 2 heterocycles. The maximum absolute atomic E-state index is 11.6. The van der Waals surface area contributed by atoms with Crippen LogP contribution in [-0.4, -0.2) is 23.4 Å². The Bertz CT molecular complexity index is 281. The molecule has 2 nitrogen and oxygen atoms in total. The van der Waals surface area contributed by atoms with Gasteiger partial charge in [-0.1, -0.05) is 0 Å². The molecule has 1 aliphatic heterocycles. The van der Waals surface area contributed by atoms with E-state index in [-0.39, 0.29) is 5.91 Å². The van der Waals surface area contributed by atoms with E-state index in [1.165, 1.54) is 0 Å². The first-order valence-corrected chi connectivity index (χ1v) is 5.06. The third-order valence-electron chi connectivity index (χ3n) is 2.35. The first-order valence-electron chi connectivity index (χ1n) is 4.12. The molecule has 0 aromatic carbocycles. The molecule has 64 valence electrons. The van der Waals surface area contributed by atoms with Crippen molar-refractivity contribution in [2.45, 2.75) is 19.4 Å². The number of nitrogens with zero attached hydrogens (tertiary/aromatic N) is 1. The number of carbonyl (C=O) groups excluding carboxylic acids is 1. The van der Waals surface area contributed by atoms with Gasteiger partial charge in [0.1, 0.15) is 0 Å². The Balaban J connectivity index is 2.11. The van der Waals surface area contributed by atoms with Crippen molar-refractivity contribution >= 4 is 17.2 Å². The molecule has 0 spiro atoms. The van der Waals surface area contributed by atoms with Crippen LogP contribution in [0.3, 0.4) is 0 Å². The second-order valence-corrected chi connectivity index (χ2v) is 3.93. The van der Waals surface area contributed by atoms with Crippen molar-refractivity contribution < 1.29 is 4.79 Å². The van der Waals surface area contributed by atoms with E-state index < -0.39 is 0 Å². The minimum atomic E-state index is 0.190. The van der Waals surface area contributed by atoms with Crippen molar-refractivity contribution in [3.8, 4) is 0 Å². The number of thiophene rings is 1. The summed E-state index contributed by atoms with van der Waals surface area (Å²) in [5, 5.41) is 3.85. The maximum atomic E-state index is 11.6. The summed E-state index contributed by atoms with van der Waals surface area (Å²) in [7, 11) is 0. The molecule has 0 radical (unpaired) electrons. The Morgan fingerprint density at radius 2 is 2.58 bits per heavy atom. The zero-order chi connectivity index (χ0) is 8.55. The average molecular weight is 181 g/mol. The Hall–Kier alpha value is -0.830. The summed E-state index contributed by atoms with van der Waals surface area (Å²) in [6.07, 6.45) is 1.15. The van der Waals surface area contributed by atoms with E-state index in [1.807, 2.05) is 21.7 Å². The predicted octanol–water partition coefficient (Wildman–Crippen LogP) is 1.98. The zero-order valence-electron chi connectivity index (χ0n) is 6.99. The van der Waals surface area contributed by atoms with Crippen LogP contribution in [0.25, 0.3) is 0 Å². The van der Waals surface area contributed by atoms with Crippen molar-refractivity contribution in [1.82, 2.24) is 4.90 Å². The van der Waals surface area contributed by atoms with Gasteiger partial charge in [-0.05, 0) is 24.8 Å². The number of carbonyl (C=O) groups is 1. The Labute approximate surface area is 75.8 Å². The van der Waals surface area contributed by atoms with Gasteiger partial charge in [0.25, 0.3) is 5.91 Å². The molecular formula is C9H11NOS. The summed E-state index contributed by atoms with van der Waals surface area (Å²) in [5.41, 5.74) is 0.839. The monoisotopic (exact) mass is 181 g/mol. The predicted molar refractivity (Wildman–Crippen MR) is 49.4 cm³/mol. The average Bonchev–Trinajstić information content (AvgIpc) is 2.53. The number of likely N-dealkylation sites (tertiary alicyclic amines) is 1. The molecule has 0 aliphatic carbocycles. The molecular weight excluding hydrogens is 170 g/mol. The van der Waals surface area contributed by atoms with Crippen molar-refractivity contribution in [2.24, 2.45) is 0 Å². The Morgan fingerprint density at radius 3 is 3.00 bits per heavy atom. The summed E-state index contributed by atoms with van der Waals surface area (Å²) in [6, 6.07) is 2.33. The quantitative estimate of drug-likeness (QED) is 0.648. The van der Waals surface area contributed by atoms with Crippen LogP contribution in [0.4, 0.5) is 0 Å². The summed E-state index contributed by atoms with van der Waals surface area (Å²) < 4.78 is 0. The minimum absolute atomic E-state index is 0.190. The third-order valence-corrected chi connectivity index (χ3v) is 3.03. The fourth-order valence-electron chi connectivity index (χ4n) is 1.37. The van der Waals surface area contributed by atoms with Crippen LogP contribution in [0.2, 0.25) is 0 Å². The molecule has 0 bridgehead atoms. The van der Waals surface area contributed by atoms with Crippen LogP contribution >= 0.6 is 11.3 Å². The molecule has 3 heteroatoms. The van der Waals surface area contributed by atoms with E-state index in [0.717, 1.165) is 18.5 Å². The zero-order valence-corrected chi connectivity index (χ0v) is 7.80. The molecule has 1 aromatic rings. The lowest BCUT2D eigenvalue weighted by Gasteiger charge is -2.38. The third kappa shape index (κ3) is 1.14. The lowest BCUT2D eigenvalue weighted by atomic mass is 10.0. The molecule has 1 saturated heterocycles. The van der Waals surface area contributed by atoms with Crippen LogP contribution in [0.15, 0.2) is 16.8 Å². The molecule has 1 fully saturated rings. The van der Waals surface area contributed by atoms with Crippen LogP contribution < -0.4 is 0 Å². The van der Waals surface area contributed by atoms with Gasteiger partial charge in [-0.2, -0.15) is 11.3 Å². The van der Waals surface area contributed by atoms with E-state index in [2.05, 4.69) is 6.92 Å². The molecule has 1 aliphatic rings. The number of amides is 1. The molecule has 2 rings (SSSR count). The van der Waals surface area contributed by atoms with Crippen LogP contribution in [0.5, 0.6) is 0 Å². The first kappa shape index (κ1) is 7.80. The van der Waals surface area contributed by atoms with Gasteiger partial charge >= 0.3 is 0 Å². The van der Waals surface area contributed by atoms with Crippen molar-refractivity contribution in [3.05, 3.63) is 22.4 Å². The highest BCUT2D eigenvalue weighted by molar-refractivity contribution is 7.08. The molecule has 1 aromatic heterocycles. The summed E-state index contributed by atoms with van der Waals surface area (Å²) in [6.45, 7) is 3.02. The number of rotatable bonds is 1. The lowest BCUT2D eigenvalue weighted by Crippen LogP contribution is -2.49. The number of hydrogen-bond acceptors (Lipinski definition) is 2. The minimum Gasteiger partial charge on any atom is -0.336 e. The summed E-state index contributed by atoms with van der Waals surface area (Å²) in [4.78, 5) is 13.5. The normalized spacial score (nSPS) is 22.1. The van der Waals surface area contributed by atoms with Crippen molar-refractivity contribution in [3.63, 3.8) is 0 Å². The van der Waals surface area contributed by atoms with E-state index in [1.54, 1.807) is 11.3 Å². The van der Waals surface area contributed by atoms with Crippen LogP contribution in [-0.2, 0) is 0 Å². The summed E-state index contributed by atoms with van der Waals surface area (Å²) >= 11 is 1.57. The molecule has 12 heavy (non-hydrogen) atoms. The maximum Gasteiger partial charge on any atom is 0.254 e. The van der Waals surface area contributed by atoms with Crippen molar-refractivity contribution in [2.75, 3.05) is 6.54 Å². The molecule has 1 atom stereocenters. The molecule has 0 N–H and O–H groups in total. The van der Waals surface area contributed by atoms with E-state index in [4.69, 9.17) is 0 Å². The first-order chi connectivity index (χ1) is 5.79. The highest BCUT2D eigenvalue weighted by Crippen LogP contribution is 2.20. The van der Waals surface area contributed by atoms with Gasteiger partial charge in [0.05, 0.1) is 5.56 Å². The van der Waals surface area contributed by atoms with Crippen LogP contribution in [0.1, 0.15) is 23.7 Å². The van der Waals surface area contributed by atoms with Crippen molar-refractivity contribution in [1.29, 1.82) is 0 Å². The van der Waals surface area contributed by atoms with Gasteiger partial charge in [0.2, 0.25) is 0 Å². The van der Waals surface area contributed by atoms with Gasteiger partial charge in [0, 0.05) is 18.0 Å². The second kappa shape index (κ2) is 2.90. The fraction of sp³-hybridized carbons (Fsp3) is 0.444. The fourth-order valence-corrected chi connectivity index (χ4v) is 2.00. The lowest BCUT2D eigenvalue weighted by molar-refractivity contribution is 0.0503. The highest BCUT2D eigenvalue weighted by atomic mass is 32.1. The highest BCUT2D eigenvalue weighted by Gasteiger charge is 2.28. The SMILES string of the molecule is CC1CCN1C(=O)c1ccsc1. The van der Waals surface area contributed by atoms with Gasteiger partial charge in [-0.3, -0.25) is 4.79 Å². The number of hydrogen-bond donors (Lipinski definition) is 0. The summed E-state index contributed by atoms with van der Waals surface area (Å²) in [5.74, 6) is 0.190. The standard InChI is InChI=1S/C9H11NOS/c1-7-2-4-10(7)9(11)8-3-5-12-6-8/h3,5-7H,2,4H2,1H3. The van der Waals surface area contributed by atoms with E-state index in [9.17, 15) is 4.79 Å². The largest absolute Gasteiger partial charge is 0.336 e. The van der Waals surface area contributed by atoms with Crippen LogP contribution in [0, 0.1) is 0 Å². The van der Waals surface area contributed by atoms with Gasteiger partial charge in [-0.25, -0.2) is 0 Å². The van der Waals surface area contributed by atoms with E-state index >= 15 is 0 Å². The smallest absolute Gasteiger partial charge is 0.254 e. The molecule has 0 saturated carbocycles. The topological polar surface area (TPSA) is 20.3 Å². The second-order valence-electron chi connectivity index (χ2n) is 3.15. The Morgan fingerprint density at radius 1 is 1.75 bits per heavy atom. The van der Waals surface area contributed by atoms with Gasteiger partial charge in [-0.15, -0.1) is 0 Å². The molecule has 1 amide bonds.